The lowest BCUT2D eigenvalue weighted by molar-refractivity contribution is -0.126. The van der Waals surface area contributed by atoms with Crippen molar-refractivity contribution in [3.05, 3.63) is 35.9 Å². The summed E-state index contributed by atoms with van der Waals surface area (Å²) < 4.78 is 0. The lowest BCUT2D eigenvalue weighted by atomic mass is 9.91. The van der Waals surface area contributed by atoms with Gasteiger partial charge in [-0.2, -0.15) is 0 Å². The van der Waals surface area contributed by atoms with E-state index in [4.69, 9.17) is 0 Å². The predicted octanol–water partition coefficient (Wildman–Crippen LogP) is 3.21. The fourth-order valence-electron chi connectivity index (χ4n) is 4.03. The second-order valence-corrected chi connectivity index (χ2v) is 9.01. The predicted molar refractivity (Wildman–Crippen MR) is 109 cm³/mol. The Labute approximate surface area is 159 Å². The second-order valence-electron chi connectivity index (χ2n) is 9.01. The summed E-state index contributed by atoms with van der Waals surface area (Å²) in [6, 6.07) is 10.7. The van der Waals surface area contributed by atoms with Crippen molar-refractivity contribution >= 4 is 5.91 Å². The number of hydrogen-bond acceptors (Lipinski definition) is 3. The van der Waals surface area contributed by atoms with Gasteiger partial charge >= 0.3 is 0 Å². The molecule has 26 heavy (non-hydrogen) atoms. The summed E-state index contributed by atoms with van der Waals surface area (Å²) in [5, 5.41) is 3.20. The first-order valence-electron chi connectivity index (χ1n) is 9.96. The molecule has 0 bridgehead atoms. The molecule has 0 radical (unpaired) electrons. The van der Waals surface area contributed by atoms with E-state index < -0.39 is 0 Å². The number of likely N-dealkylation sites (tertiary alicyclic amines) is 1. The van der Waals surface area contributed by atoms with Gasteiger partial charge in [-0.1, -0.05) is 51.1 Å². The van der Waals surface area contributed by atoms with Gasteiger partial charge in [-0.15, -0.1) is 0 Å². The average molecular weight is 360 g/mol. The number of rotatable bonds is 8. The number of carbonyl (C=O) groups excluding carboxylic acids is 1. The number of nitrogens with zero attached hydrogens (tertiary/aromatic N) is 2. The van der Waals surface area contributed by atoms with E-state index >= 15 is 0 Å². The van der Waals surface area contributed by atoms with Crippen LogP contribution in [0.15, 0.2) is 30.3 Å². The molecule has 0 saturated carbocycles. The van der Waals surface area contributed by atoms with E-state index in [1.54, 1.807) is 0 Å². The average Bonchev–Trinajstić information content (AvgIpc) is 2.60. The Morgan fingerprint density at radius 3 is 2.42 bits per heavy atom. The summed E-state index contributed by atoms with van der Waals surface area (Å²) in [5.41, 5.74) is 1.50. The minimum Gasteiger partial charge on any atom is -0.355 e. The zero-order valence-corrected chi connectivity index (χ0v) is 17.3. The van der Waals surface area contributed by atoms with Crippen LogP contribution in [0, 0.1) is 11.3 Å². The molecule has 1 unspecified atom stereocenters. The van der Waals surface area contributed by atoms with Gasteiger partial charge < -0.3 is 15.1 Å². The van der Waals surface area contributed by atoms with E-state index in [2.05, 4.69) is 80.3 Å². The summed E-state index contributed by atoms with van der Waals surface area (Å²) in [7, 11) is 4.16. The molecule has 4 heteroatoms. The molecule has 1 N–H and O–H groups in total. The molecule has 0 aliphatic carbocycles. The van der Waals surface area contributed by atoms with Gasteiger partial charge in [0.2, 0.25) is 5.91 Å². The molecular formula is C22H37N3O. The number of nitrogens with one attached hydrogen (secondary N) is 1. The largest absolute Gasteiger partial charge is 0.355 e. The van der Waals surface area contributed by atoms with Crippen LogP contribution in [0.3, 0.4) is 0 Å². The normalized spacial score (nSPS) is 18.1. The monoisotopic (exact) mass is 359 g/mol. The highest BCUT2D eigenvalue weighted by molar-refractivity contribution is 5.78. The number of hydrogen-bond donors (Lipinski definition) is 1. The van der Waals surface area contributed by atoms with Crippen LogP contribution in [0.1, 0.15) is 45.1 Å². The summed E-state index contributed by atoms with van der Waals surface area (Å²) in [6.07, 6.45) is 1.95. The highest BCUT2D eigenvalue weighted by Gasteiger charge is 2.27. The number of carbonyl (C=O) groups is 1. The third-order valence-corrected chi connectivity index (χ3v) is 5.34. The van der Waals surface area contributed by atoms with Gasteiger partial charge in [0.25, 0.3) is 0 Å². The van der Waals surface area contributed by atoms with Gasteiger partial charge in [0.05, 0.1) is 0 Å². The van der Waals surface area contributed by atoms with Crippen LogP contribution >= 0.6 is 0 Å². The molecule has 1 aliphatic heterocycles. The molecular weight excluding hydrogens is 322 g/mol. The molecule has 1 aromatic carbocycles. The molecule has 1 aromatic rings. The lowest BCUT2D eigenvalue weighted by Crippen LogP contribution is -2.45. The van der Waals surface area contributed by atoms with Crippen molar-refractivity contribution in [2.45, 2.75) is 39.5 Å². The molecule has 1 aliphatic rings. The molecule has 2 rings (SSSR count). The summed E-state index contributed by atoms with van der Waals surface area (Å²) in [5.74, 6) is 0.953. The maximum atomic E-state index is 12.5. The van der Waals surface area contributed by atoms with Crippen LogP contribution in [0.5, 0.6) is 0 Å². The van der Waals surface area contributed by atoms with Crippen molar-refractivity contribution in [3.63, 3.8) is 0 Å². The van der Waals surface area contributed by atoms with E-state index in [1.165, 1.54) is 5.56 Å². The molecule has 4 nitrogen and oxygen atoms in total. The first-order chi connectivity index (χ1) is 12.3. The number of amides is 1. The molecule has 0 spiro atoms. The first-order valence-corrected chi connectivity index (χ1v) is 9.96. The number of piperidine rings is 1. The van der Waals surface area contributed by atoms with Gasteiger partial charge in [-0.25, -0.2) is 0 Å². The van der Waals surface area contributed by atoms with Gasteiger partial charge in [0.15, 0.2) is 0 Å². The summed E-state index contributed by atoms with van der Waals surface area (Å²) in [6.45, 7) is 11.6. The third-order valence-electron chi connectivity index (χ3n) is 5.34. The first kappa shape index (κ1) is 20.9. The maximum Gasteiger partial charge on any atom is 0.223 e. The molecule has 1 fully saturated rings. The van der Waals surface area contributed by atoms with Crippen molar-refractivity contribution in [1.82, 2.24) is 15.1 Å². The van der Waals surface area contributed by atoms with Gasteiger partial charge in [-0.3, -0.25) is 4.79 Å². The minimum absolute atomic E-state index is 0.102. The Hall–Kier alpha value is -1.39. The Morgan fingerprint density at radius 2 is 1.85 bits per heavy atom. The second kappa shape index (κ2) is 9.52. The van der Waals surface area contributed by atoms with Gasteiger partial charge in [0, 0.05) is 25.6 Å². The van der Waals surface area contributed by atoms with Crippen LogP contribution in [-0.2, 0) is 4.79 Å². The Morgan fingerprint density at radius 1 is 1.23 bits per heavy atom. The topological polar surface area (TPSA) is 35.6 Å². The van der Waals surface area contributed by atoms with Crippen LogP contribution < -0.4 is 5.32 Å². The van der Waals surface area contributed by atoms with E-state index in [1.807, 2.05) is 0 Å². The van der Waals surface area contributed by atoms with Crippen LogP contribution in [0.2, 0.25) is 0 Å². The fraction of sp³-hybridized carbons (Fsp3) is 0.682. The summed E-state index contributed by atoms with van der Waals surface area (Å²) in [4.78, 5) is 17.2. The van der Waals surface area contributed by atoms with E-state index in [0.717, 1.165) is 45.6 Å². The Bertz CT molecular complexity index is 548. The quantitative estimate of drug-likeness (QED) is 0.774. The molecule has 0 aromatic heterocycles. The van der Waals surface area contributed by atoms with Crippen molar-refractivity contribution in [1.29, 1.82) is 0 Å². The van der Waals surface area contributed by atoms with Crippen molar-refractivity contribution in [3.8, 4) is 0 Å². The van der Waals surface area contributed by atoms with Crippen molar-refractivity contribution in [2.24, 2.45) is 11.3 Å². The van der Waals surface area contributed by atoms with Gasteiger partial charge in [-0.05, 0) is 56.9 Å². The van der Waals surface area contributed by atoms with Crippen LogP contribution in [-0.4, -0.2) is 62.5 Å². The smallest absolute Gasteiger partial charge is 0.223 e. The van der Waals surface area contributed by atoms with E-state index in [-0.39, 0.29) is 17.2 Å². The third kappa shape index (κ3) is 6.73. The highest BCUT2D eigenvalue weighted by Crippen LogP contribution is 2.22. The maximum absolute atomic E-state index is 12.5. The lowest BCUT2D eigenvalue weighted by Gasteiger charge is -2.34. The van der Waals surface area contributed by atoms with Crippen LogP contribution in [0.25, 0.3) is 0 Å². The standard InChI is InChI=1S/C22H37N3O/c1-18(19-9-7-6-8-10-19)15-25-13-11-20(12-14-25)21(26)23-16-22(2,3)17-24(4)5/h6-10,18,20H,11-17H2,1-5H3,(H,23,26). The highest BCUT2D eigenvalue weighted by atomic mass is 16.1. The fourth-order valence-corrected chi connectivity index (χ4v) is 4.03. The van der Waals surface area contributed by atoms with Crippen molar-refractivity contribution < 1.29 is 4.79 Å². The molecule has 1 saturated heterocycles. The molecule has 1 amide bonds. The van der Waals surface area contributed by atoms with Crippen LogP contribution in [0.4, 0.5) is 0 Å². The van der Waals surface area contributed by atoms with E-state index in [9.17, 15) is 4.79 Å². The zero-order valence-electron chi connectivity index (χ0n) is 17.3. The molecule has 146 valence electrons. The summed E-state index contributed by atoms with van der Waals surface area (Å²) >= 11 is 0. The van der Waals surface area contributed by atoms with Crippen molar-refractivity contribution in [2.75, 3.05) is 46.8 Å². The minimum atomic E-state index is 0.102. The molecule has 1 heterocycles. The van der Waals surface area contributed by atoms with E-state index in [0.29, 0.717) is 5.92 Å². The zero-order chi connectivity index (χ0) is 19.2. The Kier molecular flexibility index (Phi) is 7.66. The van der Waals surface area contributed by atoms with Gasteiger partial charge in [0.1, 0.15) is 0 Å². The molecule has 1 atom stereocenters. The Balaban J connectivity index is 1.73. The SMILES string of the molecule is CC(CN1CCC(C(=O)NCC(C)(C)CN(C)C)CC1)c1ccccc1. The number of benzene rings is 1.